The van der Waals surface area contributed by atoms with Gasteiger partial charge in [-0.3, -0.25) is 4.68 Å². The van der Waals surface area contributed by atoms with Crippen molar-refractivity contribution in [2.24, 2.45) is 0 Å². The molecule has 0 aliphatic rings. The zero-order valence-electron chi connectivity index (χ0n) is 10.8. The van der Waals surface area contributed by atoms with E-state index in [4.69, 9.17) is 11.6 Å². The summed E-state index contributed by atoms with van der Waals surface area (Å²) in [5, 5.41) is 10.4. The van der Waals surface area contributed by atoms with E-state index < -0.39 is 0 Å². The average molecular weight is 304 g/mol. The lowest BCUT2D eigenvalue weighted by Crippen LogP contribution is -2.02. The van der Waals surface area contributed by atoms with Crippen molar-refractivity contribution in [2.75, 3.05) is 5.32 Å². The van der Waals surface area contributed by atoms with E-state index in [9.17, 15) is 0 Å². The summed E-state index contributed by atoms with van der Waals surface area (Å²) >= 11 is 7.59. The predicted octanol–water partition coefficient (Wildman–Crippen LogP) is 4.26. The molecular weight excluding hydrogens is 290 g/mol. The summed E-state index contributed by atoms with van der Waals surface area (Å²) in [6, 6.07) is 12.3. The average Bonchev–Trinajstić information content (AvgIpc) is 3.09. The Morgan fingerprint density at radius 2 is 2.20 bits per heavy atom. The number of anilines is 1. The van der Waals surface area contributed by atoms with Crippen LogP contribution < -0.4 is 5.32 Å². The minimum atomic E-state index is 0.785. The number of benzene rings is 1. The summed E-state index contributed by atoms with van der Waals surface area (Å²) in [4.78, 5) is 1.23. The van der Waals surface area contributed by atoms with Gasteiger partial charge in [-0.2, -0.15) is 5.10 Å². The van der Waals surface area contributed by atoms with E-state index in [2.05, 4.69) is 34.7 Å². The Morgan fingerprint density at radius 1 is 1.25 bits per heavy atom. The van der Waals surface area contributed by atoms with Crippen molar-refractivity contribution in [3.05, 3.63) is 69.6 Å². The van der Waals surface area contributed by atoms with Gasteiger partial charge in [0.2, 0.25) is 0 Å². The van der Waals surface area contributed by atoms with Crippen LogP contribution in [0.15, 0.2) is 54.2 Å². The van der Waals surface area contributed by atoms with Gasteiger partial charge in [0.25, 0.3) is 0 Å². The number of nitrogens with zero attached hydrogens (tertiary/aromatic N) is 2. The van der Waals surface area contributed by atoms with E-state index in [1.807, 2.05) is 28.4 Å². The molecule has 3 rings (SSSR count). The highest BCUT2D eigenvalue weighted by atomic mass is 35.5. The number of hydrogen-bond acceptors (Lipinski definition) is 3. The van der Waals surface area contributed by atoms with E-state index in [1.54, 1.807) is 17.5 Å². The largest absolute Gasteiger partial charge is 0.380 e. The van der Waals surface area contributed by atoms with Crippen molar-refractivity contribution >= 4 is 28.6 Å². The van der Waals surface area contributed by atoms with Crippen LogP contribution in [0.5, 0.6) is 0 Å². The molecule has 1 N–H and O–H groups in total. The monoisotopic (exact) mass is 303 g/mol. The third kappa shape index (κ3) is 3.40. The standard InChI is InChI=1S/C15H14ClN3S/c16-13-8-15(20-11-13)9-17-14-4-1-3-12(7-14)10-19-6-2-5-18-19/h1-8,11,17H,9-10H2. The second-order valence-corrected chi connectivity index (χ2v) is 5.92. The van der Waals surface area contributed by atoms with Crippen molar-refractivity contribution in [1.82, 2.24) is 9.78 Å². The predicted molar refractivity (Wildman–Crippen MR) is 84.4 cm³/mol. The second-order valence-electron chi connectivity index (χ2n) is 4.49. The normalized spacial score (nSPS) is 10.7. The Labute approximate surface area is 126 Å². The molecule has 0 bridgehead atoms. The van der Waals surface area contributed by atoms with Crippen LogP contribution in [-0.4, -0.2) is 9.78 Å². The molecular formula is C15H14ClN3S. The van der Waals surface area contributed by atoms with Crippen molar-refractivity contribution in [3.8, 4) is 0 Å². The van der Waals surface area contributed by atoms with Gasteiger partial charge in [-0.1, -0.05) is 23.7 Å². The fourth-order valence-electron chi connectivity index (χ4n) is 2.00. The second kappa shape index (κ2) is 6.11. The van der Waals surface area contributed by atoms with Crippen LogP contribution in [0.25, 0.3) is 0 Å². The zero-order chi connectivity index (χ0) is 13.8. The molecule has 0 saturated carbocycles. The number of aromatic nitrogens is 2. The molecule has 0 fully saturated rings. The molecule has 0 saturated heterocycles. The number of hydrogen-bond donors (Lipinski definition) is 1. The first-order chi connectivity index (χ1) is 9.79. The molecule has 0 atom stereocenters. The van der Waals surface area contributed by atoms with Crippen LogP contribution in [-0.2, 0) is 13.1 Å². The van der Waals surface area contributed by atoms with E-state index in [-0.39, 0.29) is 0 Å². The lowest BCUT2D eigenvalue weighted by molar-refractivity contribution is 0.687. The van der Waals surface area contributed by atoms with E-state index >= 15 is 0 Å². The molecule has 0 aliphatic carbocycles. The summed E-state index contributed by atoms with van der Waals surface area (Å²) < 4.78 is 1.91. The third-order valence-electron chi connectivity index (χ3n) is 2.92. The van der Waals surface area contributed by atoms with Gasteiger partial charge in [0.05, 0.1) is 11.6 Å². The highest BCUT2D eigenvalue weighted by Gasteiger charge is 2.00. The molecule has 3 aromatic rings. The van der Waals surface area contributed by atoms with Crippen LogP contribution in [0.4, 0.5) is 5.69 Å². The Kier molecular flexibility index (Phi) is 4.04. The molecule has 20 heavy (non-hydrogen) atoms. The van der Waals surface area contributed by atoms with Crippen molar-refractivity contribution in [1.29, 1.82) is 0 Å². The van der Waals surface area contributed by atoms with Crippen LogP contribution in [0.3, 0.4) is 0 Å². The van der Waals surface area contributed by atoms with Gasteiger partial charge < -0.3 is 5.32 Å². The van der Waals surface area contributed by atoms with Gasteiger partial charge >= 0.3 is 0 Å². The zero-order valence-corrected chi connectivity index (χ0v) is 12.4. The molecule has 2 heterocycles. The molecule has 0 spiro atoms. The molecule has 0 unspecified atom stereocenters. The summed E-state index contributed by atoms with van der Waals surface area (Å²) in [6.45, 7) is 1.58. The van der Waals surface area contributed by atoms with Gasteiger partial charge in [0.1, 0.15) is 0 Å². The SMILES string of the molecule is Clc1csc(CNc2cccc(Cn3cccn3)c2)c1. The quantitative estimate of drug-likeness (QED) is 0.763. The smallest absolute Gasteiger partial charge is 0.0660 e. The third-order valence-corrected chi connectivity index (χ3v) is 4.20. The Morgan fingerprint density at radius 3 is 2.95 bits per heavy atom. The van der Waals surface area contributed by atoms with Crippen LogP contribution >= 0.6 is 22.9 Å². The molecule has 2 aromatic heterocycles. The number of halogens is 1. The van der Waals surface area contributed by atoms with Crippen molar-refractivity contribution in [3.63, 3.8) is 0 Å². The topological polar surface area (TPSA) is 29.9 Å². The summed E-state index contributed by atoms with van der Waals surface area (Å²) in [5.41, 5.74) is 2.34. The highest BCUT2D eigenvalue weighted by Crippen LogP contribution is 2.20. The van der Waals surface area contributed by atoms with Gasteiger partial charge in [-0.05, 0) is 29.8 Å². The maximum Gasteiger partial charge on any atom is 0.0660 e. The fourth-order valence-corrected chi connectivity index (χ4v) is 3.01. The summed E-state index contributed by atoms with van der Waals surface area (Å²) in [7, 11) is 0. The molecule has 3 nitrogen and oxygen atoms in total. The lowest BCUT2D eigenvalue weighted by Gasteiger charge is -2.08. The first kappa shape index (κ1) is 13.2. The minimum Gasteiger partial charge on any atom is -0.380 e. The minimum absolute atomic E-state index is 0.785. The van der Waals surface area contributed by atoms with Crippen LogP contribution in [0.2, 0.25) is 5.02 Å². The van der Waals surface area contributed by atoms with E-state index in [1.165, 1.54) is 10.4 Å². The maximum atomic E-state index is 5.92. The van der Waals surface area contributed by atoms with Crippen molar-refractivity contribution < 1.29 is 0 Å². The molecule has 0 amide bonds. The fraction of sp³-hybridized carbons (Fsp3) is 0.133. The molecule has 0 aliphatic heterocycles. The molecule has 1 aromatic carbocycles. The maximum absolute atomic E-state index is 5.92. The molecule has 0 radical (unpaired) electrons. The molecule has 102 valence electrons. The van der Waals surface area contributed by atoms with Gasteiger partial charge in [0, 0.05) is 34.9 Å². The van der Waals surface area contributed by atoms with Gasteiger partial charge in [0.15, 0.2) is 0 Å². The van der Waals surface area contributed by atoms with Gasteiger partial charge in [-0.25, -0.2) is 0 Å². The summed E-state index contributed by atoms with van der Waals surface area (Å²) in [6.07, 6.45) is 3.76. The highest BCUT2D eigenvalue weighted by molar-refractivity contribution is 7.10. The number of thiophene rings is 1. The lowest BCUT2D eigenvalue weighted by atomic mass is 10.2. The Bertz CT molecular complexity index is 676. The Hall–Kier alpha value is -1.78. The first-order valence-corrected chi connectivity index (χ1v) is 7.58. The number of rotatable bonds is 5. The number of nitrogens with one attached hydrogen (secondary N) is 1. The molecule has 5 heteroatoms. The van der Waals surface area contributed by atoms with Gasteiger partial charge in [-0.15, -0.1) is 11.3 Å². The Balaban J connectivity index is 1.65. The van der Waals surface area contributed by atoms with Crippen LogP contribution in [0.1, 0.15) is 10.4 Å². The summed E-state index contributed by atoms with van der Waals surface area (Å²) in [5.74, 6) is 0. The first-order valence-electron chi connectivity index (χ1n) is 6.33. The van der Waals surface area contributed by atoms with Crippen LogP contribution in [0, 0.1) is 0 Å². The van der Waals surface area contributed by atoms with E-state index in [0.717, 1.165) is 23.8 Å². The van der Waals surface area contributed by atoms with Crippen molar-refractivity contribution in [2.45, 2.75) is 13.1 Å². The van der Waals surface area contributed by atoms with E-state index in [0.29, 0.717) is 0 Å².